The van der Waals surface area contributed by atoms with Crippen molar-refractivity contribution in [1.82, 2.24) is 10.6 Å². The van der Waals surface area contributed by atoms with Gasteiger partial charge in [0.05, 0.1) is 52.9 Å². The van der Waals surface area contributed by atoms with Gasteiger partial charge in [-0.3, -0.25) is 0 Å². The summed E-state index contributed by atoms with van der Waals surface area (Å²) in [5, 5.41) is 6.20. The van der Waals surface area contributed by atoms with E-state index in [2.05, 4.69) is 17.6 Å². The van der Waals surface area contributed by atoms with Crippen LogP contribution in [-0.2, 0) is 18.9 Å². The van der Waals surface area contributed by atoms with E-state index in [9.17, 15) is 0 Å². The van der Waals surface area contributed by atoms with Gasteiger partial charge in [0.15, 0.2) is 0 Å². The van der Waals surface area contributed by atoms with Crippen LogP contribution in [0.2, 0.25) is 0 Å². The summed E-state index contributed by atoms with van der Waals surface area (Å²) in [6.07, 6.45) is 0. The smallest absolute Gasteiger partial charge is 0.0701 e. The molecule has 0 heterocycles. The maximum absolute atomic E-state index is 5.36. The lowest BCUT2D eigenvalue weighted by Crippen LogP contribution is -2.20. The molecule has 0 saturated carbocycles. The van der Waals surface area contributed by atoms with Crippen LogP contribution in [0.5, 0.6) is 0 Å². The average Bonchev–Trinajstić information content (AvgIpc) is 2.43. The fraction of sp³-hybridized carbons (Fsp3) is 1.00. The molecule has 0 aliphatic carbocycles. The lowest BCUT2D eigenvalue weighted by Gasteiger charge is -2.07. The van der Waals surface area contributed by atoms with Crippen LogP contribution in [-0.4, -0.2) is 79.5 Å². The highest BCUT2D eigenvalue weighted by Crippen LogP contribution is 1.82. The Morgan fingerprint density at radius 2 is 1.05 bits per heavy atom. The van der Waals surface area contributed by atoms with E-state index in [0.29, 0.717) is 39.6 Å². The number of likely N-dealkylation sites (N-methyl/N-ethyl adjacent to an activating group) is 2. The van der Waals surface area contributed by atoms with Crippen molar-refractivity contribution >= 4 is 0 Å². The molecule has 0 atom stereocenters. The first-order valence-electron chi connectivity index (χ1n) is 7.08. The van der Waals surface area contributed by atoms with Crippen LogP contribution < -0.4 is 10.6 Å². The first-order chi connectivity index (χ1) is 9.41. The van der Waals surface area contributed by atoms with Gasteiger partial charge in [0.1, 0.15) is 0 Å². The number of hydrogen-bond acceptors (Lipinski definition) is 6. The Kier molecular flexibility index (Phi) is 17.5. The standard InChI is InChI=1S/C13H30N2O4/c1-3-15-5-7-17-9-11-19-13-12-18-10-8-16-6-4-14-2/h14-15H,3-13H2,1-2H3. The molecule has 0 amide bonds. The van der Waals surface area contributed by atoms with Gasteiger partial charge < -0.3 is 29.6 Å². The van der Waals surface area contributed by atoms with Crippen molar-refractivity contribution in [3.63, 3.8) is 0 Å². The zero-order valence-corrected chi connectivity index (χ0v) is 12.4. The van der Waals surface area contributed by atoms with Gasteiger partial charge in [-0.05, 0) is 13.6 Å². The first-order valence-corrected chi connectivity index (χ1v) is 7.08. The normalized spacial score (nSPS) is 11.1. The number of hydrogen-bond donors (Lipinski definition) is 2. The second-order valence-corrected chi connectivity index (χ2v) is 3.91. The van der Waals surface area contributed by atoms with Gasteiger partial charge in [-0.2, -0.15) is 0 Å². The monoisotopic (exact) mass is 278 g/mol. The van der Waals surface area contributed by atoms with E-state index in [1.54, 1.807) is 0 Å². The van der Waals surface area contributed by atoms with E-state index < -0.39 is 0 Å². The summed E-state index contributed by atoms with van der Waals surface area (Å²) in [4.78, 5) is 0. The highest BCUT2D eigenvalue weighted by atomic mass is 16.6. The molecule has 0 aromatic carbocycles. The largest absolute Gasteiger partial charge is 0.378 e. The number of nitrogens with one attached hydrogen (secondary N) is 2. The minimum atomic E-state index is 0.604. The highest BCUT2D eigenvalue weighted by molar-refractivity contribution is 4.40. The van der Waals surface area contributed by atoms with Gasteiger partial charge in [0.25, 0.3) is 0 Å². The van der Waals surface area contributed by atoms with Gasteiger partial charge in [0, 0.05) is 13.1 Å². The van der Waals surface area contributed by atoms with Crippen molar-refractivity contribution in [2.45, 2.75) is 6.92 Å². The Morgan fingerprint density at radius 1 is 0.632 bits per heavy atom. The van der Waals surface area contributed by atoms with E-state index in [4.69, 9.17) is 18.9 Å². The third kappa shape index (κ3) is 17.8. The Hall–Kier alpha value is -0.240. The maximum Gasteiger partial charge on any atom is 0.0701 e. The molecule has 116 valence electrons. The zero-order valence-electron chi connectivity index (χ0n) is 12.4. The molecule has 2 N–H and O–H groups in total. The molecular formula is C13H30N2O4. The minimum absolute atomic E-state index is 0.604. The van der Waals surface area contributed by atoms with E-state index in [-0.39, 0.29) is 0 Å². The molecule has 0 aromatic rings. The third-order valence-electron chi connectivity index (χ3n) is 2.29. The summed E-state index contributed by atoms with van der Waals surface area (Å²) in [7, 11) is 1.90. The SMILES string of the molecule is CCNCCOCCOCCOCCOCCNC. The number of rotatable bonds is 16. The zero-order chi connectivity index (χ0) is 14.0. The second-order valence-electron chi connectivity index (χ2n) is 3.91. The lowest BCUT2D eigenvalue weighted by molar-refractivity contribution is -0.000960. The van der Waals surface area contributed by atoms with Crippen molar-refractivity contribution in [3.8, 4) is 0 Å². The number of ether oxygens (including phenoxy) is 4. The van der Waals surface area contributed by atoms with Crippen molar-refractivity contribution in [2.75, 3.05) is 79.5 Å². The summed E-state index contributed by atoms with van der Waals surface area (Å²) in [6.45, 7) is 10.0. The lowest BCUT2D eigenvalue weighted by atomic mass is 10.6. The maximum atomic E-state index is 5.36. The van der Waals surface area contributed by atoms with Crippen LogP contribution in [0.25, 0.3) is 0 Å². The summed E-state index contributed by atoms with van der Waals surface area (Å²) in [6, 6.07) is 0. The predicted molar refractivity (Wildman–Crippen MR) is 75.7 cm³/mol. The van der Waals surface area contributed by atoms with Crippen molar-refractivity contribution in [3.05, 3.63) is 0 Å². The highest BCUT2D eigenvalue weighted by Gasteiger charge is 1.92. The Morgan fingerprint density at radius 3 is 1.47 bits per heavy atom. The van der Waals surface area contributed by atoms with E-state index in [1.165, 1.54) is 0 Å². The predicted octanol–water partition coefficient (Wildman–Crippen LogP) is -0.118. The molecule has 0 rings (SSSR count). The molecule has 6 heteroatoms. The second kappa shape index (κ2) is 17.8. The quantitative estimate of drug-likeness (QED) is 0.384. The Balaban J connectivity index is 2.88. The van der Waals surface area contributed by atoms with Crippen molar-refractivity contribution in [2.24, 2.45) is 0 Å². The van der Waals surface area contributed by atoms with Crippen LogP contribution in [0.3, 0.4) is 0 Å². The summed E-state index contributed by atoms with van der Waals surface area (Å²) in [5.41, 5.74) is 0. The van der Waals surface area contributed by atoms with E-state index >= 15 is 0 Å². The molecule has 0 spiro atoms. The van der Waals surface area contributed by atoms with Crippen molar-refractivity contribution < 1.29 is 18.9 Å². The van der Waals surface area contributed by atoms with Gasteiger partial charge >= 0.3 is 0 Å². The van der Waals surface area contributed by atoms with Crippen LogP contribution in [0, 0.1) is 0 Å². The molecule has 0 aliphatic heterocycles. The van der Waals surface area contributed by atoms with Gasteiger partial charge in [0.2, 0.25) is 0 Å². The Bertz CT molecular complexity index is 146. The Labute approximate surface area is 117 Å². The molecule has 0 aromatic heterocycles. The molecule has 0 radical (unpaired) electrons. The van der Waals surface area contributed by atoms with Gasteiger partial charge in [-0.1, -0.05) is 6.92 Å². The van der Waals surface area contributed by atoms with Gasteiger partial charge in [-0.15, -0.1) is 0 Å². The molecule has 0 saturated heterocycles. The first kappa shape index (κ1) is 18.8. The van der Waals surface area contributed by atoms with Crippen molar-refractivity contribution in [1.29, 1.82) is 0 Å². The molecule has 6 nitrogen and oxygen atoms in total. The van der Waals surface area contributed by atoms with E-state index in [0.717, 1.165) is 32.8 Å². The fourth-order valence-corrected chi connectivity index (χ4v) is 1.26. The summed E-state index contributed by atoms with van der Waals surface area (Å²) < 4.78 is 21.4. The molecule has 0 unspecified atom stereocenters. The van der Waals surface area contributed by atoms with Gasteiger partial charge in [-0.25, -0.2) is 0 Å². The van der Waals surface area contributed by atoms with Crippen LogP contribution >= 0.6 is 0 Å². The van der Waals surface area contributed by atoms with E-state index in [1.807, 2.05) is 7.05 Å². The fourth-order valence-electron chi connectivity index (χ4n) is 1.26. The molecular weight excluding hydrogens is 248 g/mol. The topological polar surface area (TPSA) is 61.0 Å². The molecule has 0 bridgehead atoms. The molecule has 0 fully saturated rings. The van der Waals surface area contributed by atoms with Crippen LogP contribution in [0.4, 0.5) is 0 Å². The third-order valence-corrected chi connectivity index (χ3v) is 2.29. The molecule has 19 heavy (non-hydrogen) atoms. The summed E-state index contributed by atoms with van der Waals surface area (Å²) in [5.74, 6) is 0. The van der Waals surface area contributed by atoms with Crippen LogP contribution in [0.1, 0.15) is 6.92 Å². The average molecular weight is 278 g/mol. The minimum Gasteiger partial charge on any atom is -0.378 e. The summed E-state index contributed by atoms with van der Waals surface area (Å²) >= 11 is 0. The van der Waals surface area contributed by atoms with Crippen LogP contribution in [0.15, 0.2) is 0 Å². The molecule has 0 aliphatic rings.